The number of carboxylic acid groups (broad SMARTS) is 1. The topological polar surface area (TPSA) is 37.3 Å². The minimum absolute atomic E-state index is 0.0545. The van der Waals surface area contributed by atoms with Crippen molar-refractivity contribution in [1.82, 2.24) is 0 Å². The molecule has 3 saturated carbocycles. The molecule has 0 aromatic rings. The second-order valence-electron chi connectivity index (χ2n) is 6.83. The molecule has 0 saturated heterocycles. The summed E-state index contributed by atoms with van der Waals surface area (Å²) in [5.74, 6) is 2.02. The van der Waals surface area contributed by atoms with Gasteiger partial charge in [0.1, 0.15) is 0 Å². The molecular formula is C17H30O2. The van der Waals surface area contributed by atoms with E-state index in [9.17, 15) is 9.90 Å². The molecule has 3 fully saturated rings. The normalized spacial score (nSPS) is 39.4. The van der Waals surface area contributed by atoms with E-state index in [2.05, 4.69) is 13.8 Å². The highest BCUT2D eigenvalue weighted by atomic mass is 16.4. The van der Waals surface area contributed by atoms with E-state index in [-0.39, 0.29) is 5.92 Å². The van der Waals surface area contributed by atoms with Crippen molar-refractivity contribution in [2.45, 2.75) is 71.6 Å². The van der Waals surface area contributed by atoms with E-state index in [4.69, 9.17) is 0 Å². The van der Waals surface area contributed by atoms with E-state index >= 15 is 0 Å². The number of hydrogen-bond donors (Lipinski definition) is 1. The van der Waals surface area contributed by atoms with E-state index in [1.54, 1.807) is 0 Å². The highest BCUT2D eigenvalue weighted by Crippen LogP contribution is 2.47. The van der Waals surface area contributed by atoms with Crippen molar-refractivity contribution in [3.8, 4) is 0 Å². The smallest absolute Gasteiger partial charge is 0.306 e. The molecule has 1 N–H and O–H groups in total. The Bertz CT molecular complexity index is 300. The number of rotatable bonds is 4. The largest absolute Gasteiger partial charge is 0.481 e. The lowest BCUT2D eigenvalue weighted by Gasteiger charge is -2.39. The first kappa shape index (κ1) is 14.9. The second kappa shape index (κ2) is 6.76. The van der Waals surface area contributed by atoms with Gasteiger partial charge in [-0.15, -0.1) is 0 Å². The first-order valence-corrected chi connectivity index (χ1v) is 8.40. The first-order chi connectivity index (χ1) is 9.17. The fourth-order valence-corrected chi connectivity index (χ4v) is 4.85. The van der Waals surface area contributed by atoms with Crippen molar-refractivity contribution >= 4 is 5.97 Å². The van der Waals surface area contributed by atoms with Crippen molar-refractivity contribution in [1.29, 1.82) is 0 Å². The number of hydrogen-bond acceptors (Lipinski definition) is 1. The lowest BCUT2D eigenvalue weighted by atomic mass is 9.65. The van der Waals surface area contributed by atoms with Gasteiger partial charge in [0.15, 0.2) is 0 Å². The third-order valence-corrected chi connectivity index (χ3v) is 5.87. The molecule has 19 heavy (non-hydrogen) atoms. The van der Waals surface area contributed by atoms with Crippen LogP contribution in [0.15, 0.2) is 0 Å². The van der Waals surface area contributed by atoms with Gasteiger partial charge in [0, 0.05) is 0 Å². The van der Waals surface area contributed by atoms with Crippen molar-refractivity contribution in [2.75, 3.05) is 0 Å². The number of fused-ring (bicyclic) bond motifs is 6. The zero-order chi connectivity index (χ0) is 13.8. The lowest BCUT2D eigenvalue weighted by molar-refractivity contribution is -0.147. The summed E-state index contributed by atoms with van der Waals surface area (Å²) in [5.41, 5.74) is 0. The monoisotopic (exact) mass is 266 g/mol. The van der Waals surface area contributed by atoms with Gasteiger partial charge in [0.05, 0.1) is 5.92 Å². The first-order valence-electron chi connectivity index (χ1n) is 8.40. The van der Waals surface area contributed by atoms with Gasteiger partial charge in [-0.2, -0.15) is 0 Å². The van der Waals surface area contributed by atoms with Crippen LogP contribution in [0.3, 0.4) is 0 Å². The van der Waals surface area contributed by atoms with E-state index in [1.807, 2.05) is 0 Å². The van der Waals surface area contributed by atoms with Gasteiger partial charge >= 0.3 is 5.97 Å². The van der Waals surface area contributed by atoms with Crippen LogP contribution in [0.2, 0.25) is 0 Å². The van der Waals surface area contributed by atoms with Crippen molar-refractivity contribution in [3.05, 3.63) is 0 Å². The van der Waals surface area contributed by atoms with Gasteiger partial charge < -0.3 is 5.11 Å². The summed E-state index contributed by atoms with van der Waals surface area (Å²) in [6.45, 7) is 4.51. The average Bonchev–Trinajstić information content (AvgIpc) is 2.53. The molecule has 0 radical (unpaired) electrons. The number of carbonyl (C=O) groups is 1. The molecule has 0 aliphatic heterocycles. The maximum absolute atomic E-state index is 11.6. The number of aliphatic carboxylic acids is 1. The highest BCUT2D eigenvalue weighted by Gasteiger charge is 2.41. The van der Waals surface area contributed by atoms with Crippen LogP contribution in [-0.2, 0) is 4.79 Å². The van der Waals surface area contributed by atoms with Crippen LogP contribution in [0.5, 0.6) is 0 Å². The maximum atomic E-state index is 11.6. The summed E-state index contributed by atoms with van der Waals surface area (Å²) in [7, 11) is 0. The summed E-state index contributed by atoms with van der Waals surface area (Å²) < 4.78 is 0. The molecule has 0 aromatic heterocycles. The fraction of sp³-hybridized carbons (Fsp3) is 0.941. The molecule has 2 bridgehead atoms. The maximum Gasteiger partial charge on any atom is 0.306 e. The van der Waals surface area contributed by atoms with E-state index < -0.39 is 5.97 Å². The number of carboxylic acids is 1. The van der Waals surface area contributed by atoms with Crippen molar-refractivity contribution < 1.29 is 9.90 Å². The summed E-state index contributed by atoms with van der Waals surface area (Å²) in [6.07, 6.45) is 11.1. The molecule has 2 heteroatoms. The molecule has 5 unspecified atom stereocenters. The Labute approximate surface area is 118 Å². The average molecular weight is 266 g/mol. The Balaban J connectivity index is 2.18. The van der Waals surface area contributed by atoms with Crippen LogP contribution in [0.25, 0.3) is 0 Å². The third-order valence-electron chi connectivity index (χ3n) is 5.87. The molecule has 0 heterocycles. The zero-order valence-electron chi connectivity index (χ0n) is 12.6. The molecule has 0 aromatic carbocycles. The summed E-state index contributed by atoms with van der Waals surface area (Å²) in [6, 6.07) is 0. The van der Waals surface area contributed by atoms with Gasteiger partial charge in [-0.25, -0.2) is 0 Å². The molecule has 2 nitrogen and oxygen atoms in total. The van der Waals surface area contributed by atoms with Gasteiger partial charge in [-0.3, -0.25) is 4.79 Å². The molecule has 0 spiro atoms. The van der Waals surface area contributed by atoms with Gasteiger partial charge in [-0.1, -0.05) is 52.4 Å². The molecule has 110 valence electrons. The quantitative estimate of drug-likeness (QED) is 0.798. The fourth-order valence-electron chi connectivity index (χ4n) is 4.85. The second-order valence-corrected chi connectivity index (χ2v) is 6.83. The third kappa shape index (κ3) is 3.32. The van der Waals surface area contributed by atoms with Crippen LogP contribution in [0.1, 0.15) is 71.6 Å². The Hall–Kier alpha value is -0.530. The Morgan fingerprint density at radius 2 is 1.84 bits per heavy atom. The minimum atomic E-state index is -0.523. The van der Waals surface area contributed by atoms with Crippen molar-refractivity contribution in [3.63, 3.8) is 0 Å². The van der Waals surface area contributed by atoms with Crippen LogP contribution in [0, 0.1) is 29.6 Å². The summed E-state index contributed by atoms with van der Waals surface area (Å²) in [5, 5.41) is 9.60. The van der Waals surface area contributed by atoms with Gasteiger partial charge in [-0.05, 0) is 42.9 Å². The van der Waals surface area contributed by atoms with Crippen LogP contribution in [0.4, 0.5) is 0 Å². The van der Waals surface area contributed by atoms with Crippen LogP contribution < -0.4 is 0 Å². The van der Waals surface area contributed by atoms with Crippen molar-refractivity contribution in [2.24, 2.45) is 29.6 Å². The molecule has 5 atom stereocenters. The Morgan fingerprint density at radius 1 is 1.11 bits per heavy atom. The summed E-state index contributed by atoms with van der Waals surface area (Å²) in [4.78, 5) is 11.6. The lowest BCUT2D eigenvalue weighted by Crippen LogP contribution is -2.36. The molecule has 0 amide bonds. The minimum Gasteiger partial charge on any atom is -0.481 e. The molecule has 3 aliphatic carbocycles. The van der Waals surface area contributed by atoms with Crippen LogP contribution in [-0.4, -0.2) is 11.1 Å². The van der Waals surface area contributed by atoms with E-state index in [0.29, 0.717) is 17.8 Å². The molecular weight excluding hydrogens is 236 g/mol. The van der Waals surface area contributed by atoms with Gasteiger partial charge in [0.2, 0.25) is 0 Å². The Kier molecular flexibility index (Phi) is 5.29. The predicted octanol–water partition coefficient (Wildman–Crippen LogP) is 4.73. The highest BCUT2D eigenvalue weighted by molar-refractivity contribution is 5.70. The standard InChI is InChI=1S/C17H30O2/c1-3-6-13-8-5-7-12(4-2)15-10-9-14(13)11-16(15)17(18)19/h12-16H,3-11H2,1-2H3,(H,18,19). The Morgan fingerprint density at radius 3 is 2.47 bits per heavy atom. The SMILES string of the molecule is CCCC1CCCC(CC)C2CCC1CC2C(=O)O. The zero-order valence-corrected chi connectivity index (χ0v) is 12.6. The molecule has 3 rings (SSSR count). The van der Waals surface area contributed by atoms with E-state index in [0.717, 1.165) is 18.8 Å². The van der Waals surface area contributed by atoms with Gasteiger partial charge in [0.25, 0.3) is 0 Å². The predicted molar refractivity (Wildman–Crippen MR) is 78.0 cm³/mol. The molecule has 3 aliphatic rings. The van der Waals surface area contributed by atoms with Crippen LogP contribution >= 0.6 is 0 Å². The summed E-state index contributed by atoms with van der Waals surface area (Å²) >= 11 is 0. The van der Waals surface area contributed by atoms with E-state index in [1.165, 1.54) is 44.9 Å².